The third-order valence-corrected chi connectivity index (χ3v) is 3.86. The molecule has 0 saturated carbocycles. The van der Waals surface area contributed by atoms with E-state index in [4.69, 9.17) is 0 Å². The van der Waals surface area contributed by atoms with Gasteiger partial charge >= 0.3 is 6.18 Å². The molecule has 0 spiro atoms. The van der Waals surface area contributed by atoms with E-state index in [9.17, 15) is 18.0 Å². The Bertz CT molecular complexity index is 537. The number of aromatic nitrogens is 2. The van der Waals surface area contributed by atoms with E-state index in [2.05, 4.69) is 15.7 Å². The lowest BCUT2D eigenvalue weighted by Gasteiger charge is -2.35. The molecule has 1 fully saturated rings. The second kappa shape index (κ2) is 7.31. The summed E-state index contributed by atoms with van der Waals surface area (Å²) < 4.78 is 41.1. The van der Waals surface area contributed by atoms with Gasteiger partial charge in [-0.25, -0.2) is 0 Å². The Morgan fingerprint density at radius 1 is 1.39 bits per heavy atom. The van der Waals surface area contributed by atoms with Gasteiger partial charge in [-0.2, -0.15) is 18.3 Å². The maximum Gasteiger partial charge on any atom is 0.405 e. The van der Waals surface area contributed by atoms with Gasteiger partial charge in [0.05, 0.1) is 5.69 Å². The Morgan fingerprint density at radius 3 is 2.57 bits per heavy atom. The van der Waals surface area contributed by atoms with Crippen molar-refractivity contribution in [2.24, 2.45) is 0 Å². The molecule has 0 aromatic carbocycles. The van der Waals surface area contributed by atoms with Crippen LogP contribution < -0.4 is 10.6 Å². The van der Waals surface area contributed by atoms with E-state index in [-0.39, 0.29) is 6.54 Å². The lowest BCUT2D eigenvalue weighted by molar-refractivity contribution is -0.184. The predicted octanol–water partition coefficient (Wildman–Crippen LogP) is 0.452. The molecule has 1 aromatic rings. The molecular weight excluding hydrogens is 311 g/mol. The largest absolute Gasteiger partial charge is 0.405 e. The van der Waals surface area contributed by atoms with Crippen LogP contribution in [0.25, 0.3) is 0 Å². The normalized spacial score (nSPS) is 18.0. The van der Waals surface area contributed by atoms with Gasteiger partial charge < -0.3 is 10.6 Å². The molecule has 130 valence electrons. The van der Waals surface area contributed by atoms with Gasteiger partial charge in [-0.3, -0.25) is 14.4 Å². The highest BCUT2D eigenvalue weighted by Crippen LogP contribution is 2.24. The van der Waals surface area contributed by atoms with Crippen molar-refractivity contribution in [3.05, 3.63) is 17.5 Å². The number of nitrogens with one attached hydrogen (secondary N) is 2. The minimum absolute atomic E-state index is 0.0776. The molecule has 2 N–H and O–H groups in total. The van der Waals surface area contributed by atoms with Crippen LogP contribution in [0, 0.1) is 13.8 Å². The summed E-state index contributed by atoms with van der Waals surface area (Å²) in [7, 11) is 0. The van der Waals surface area contributed by atoms with Gasteiger partial charge in [0.2, 0.25) is 5.91 Å². The Balaban J connectivity index is 1.92. The molecule has 0 aliphatic carbocycles. The lowest BCUT2D eigenvalue weighted by Crippen LogP contribution is -2.57. The third-order valence-electron chi connectivity index (χ3n) is 3.86. The zero-order valence-electron chi connectivity index (χ0n) is 13.3. The fourth-order valence-corrected chi connectivity index (χ4v) is 2.68. The number of rotatable bonds is 5. The number of alkyl halides is 3. The average Bonchev–Trinajstić information content (AvgIpc) is 2.76. The van der Waals surface area contributed by atoms with E-state index in [0.717, 1.165) is 11.4 Å². The number of halogens is 3. The monoisotopic (exact) mass is 333 g/mol. The van der Waals surface area contributed by atoms with Crippen molar-refractivity contribution < 1.29 is 18.0 Å². The second-order valence-corrected chi connectivity index (χ2v) is 5.73. The molecule has 1 atom stereocenters. The fraction of sp³-hybridized carbons (Fsp3) is 0.714. The van der Waals surface area contributed by atoms with Gasteiger partial charge in [0, 0.05) is 38.4 Å². The van der Waals surface area contributed by atoms with E-state index in [0.29, 0.717) is 26.2 Å². The molecule has 1 aliphatic heterocycles. The fourth-order valence-electron chi connectivity index (χ4n) is 2.68. The smallest absolute Gasteiger partial charge is 0.353 e. The number of carbonyl (C=O) groups excluding carboxylic acids is 1. The van der Waals surface area contributed by atoms with Crippen molar-refractivity contribution >= 4 is 5.91 Å². The van der Waals surface area contributed by atoms with E-state index < -0.39 is 24.7 Å². The first-order valence-corrected chi connectivity index (χ1v) is 7.56. The van der Waals surface area contributed by atoms with Gasteiger partial charge in [0.25, 0.3) is 0 Å². The maximum atomic E-state index is 13.2. The Hall–Kier alpha value is -1.61. The van der Waals surface area contributed by atoms with Gasteiger partial charge in [-0.15, -0.1) is 0 Å². The maximum absolute atomic E-state index is 13.2. The Labute approximate surface area is 133 Å². The molecule has 1 amide bonds. The van der Waals surface area contributed by atoms with Crippen molar-refractivity contribution in [1.29, 1.82) is 0 Å². The molecule has 1 aliphatic rings. The number of nitrogens with zero attached hydrogens (tertiary/aromatic N) is 3. The molecule has 1 unspecified atom stereocenters. The number of hydrogen-bond acceptors (Lipinski definition) is 4. The van der Waals surface area contributed by atoms with Crippen LogP contribution in [0.1, 0.15) is 11.4 Å². The number of carbonyl (C=O) groups is 1. The minimum atomic E-state index is -4.37. The molecular formula is C14H22F3N5O. The van der Waals surface area contributed by atoms with E-state index in [1.165, 1.54) is 9.58 Å². The van der Waals surface area contributed by atoms with Crippen LogP contribution in [0.15, 0.2) is 6.07 Å². The highest BCUT2D eigenvalue weighted by molar-refractivity contribution is 5.75. The summed E-state index contributed by atoms with van der Waals surface area (Å²) in [5.74, 6) is -0.472. The minimum Gasteiger partial charge on any atom is -0.353 e. The van der Waals surface area contributed by atoms with Crippen LogP contribution in [0.4, 0.5) is 13.2 Å². The van der Waals surface area contributed by atoms with Crippen LogP contribution in [0.2, 0.25) is 0 Å². The molecule has 2 rings (SSSR count). The van der Waals surface area contributed by atoms with Crippen LogP contribution in [-0.2, 0) is 11.3 Å². The van der Waals surface area contributed by atoms with Crippen molar-refractivity contribution in [3.63, 3.8) is 0 Å². The molecule has 6 nitrogen and oxygen atoms in total. The number of piperazine rings is 1. The number of amides is 1. The van der Waals surface area contributed by atoms with E-state index >= 15 is 0 Å². The Kier molecular flexibility index (Phi) is 5.64. The summed E-state index contributed by atoms with van der Waals surface area (Å²) in [5.41, 5.74) is 1.57. The van der Waals surface area contributed by atoms with Gasteiger partial charge in [0.1, 0.15) is 12.6 Å². The quantitative estimate of drug-likeness (QED) is 0.821. The standard InChI is InChI=1S/C14H22F3N5O/c1-10-7-11(2)22(20-10)9-13(23)19-8-12(14(15,16)17)21-5-3-18-4-6-21/h7,12,18H,3-6,8-9H2,1-2H3,(H,19,23). The summed E-state index contributed by atoms with van der Waals surface area (Å²) in [5, 5.41) is 9.54. The van der Waals surface area contributed by atoms with Crippen LogP contribution in [0.3, 0.4) is 0 Å². The Morgan fingerprint density at radius 2 is 2.04 bits per heavy atom. The summed E-state index contributed by atoms with van der Waals surface area (Å²) in [6.07, 6.45) is -4.37. The first-order valence-electron chi connectivity index (χ1n) is 7.56. The molecule has 0 bridgehead atoms. The van der Waals surface area contributed by atoms with Gasteiger partial charge in [-0.1, -0.05) is 0 Å². The second-order valence-electron chi connectivity index (χ2n) is 5.73. The highest BCUT2D eigenvalue weighted by Gasteiger charge is 2.43. The number of aryl methyl sites for hydroxylation is 2. The molecule has 1 aromatic heterocycles. The SMILES string of the molecule is Cc1cc(C)n(CC(=O)NCC(N2CCNCC2)C(F)(F)F)n1. The van der Waals surface area contributed by atoms with E-state index in [1.54, 1.807) is 13.8 Å². The highest BCUT2D eigenvalue weighted by atomic mass is 19.4. The van der Waals surface area contributed by atoms with E-state index in [1.807, 2.05) is 6.07 Å². The summed E-state index contributed by atoms with van der Waals surface area (Å²) in [6.45, 7) is 4.75. The van der Waals surface area contributed by atoms with Crippen LogP contribution in [0.5, 0.6) is 0 Å². The summed E-state index contributed by atoms with van der Waals surface area (Å²) in [4.78, 5) is 13.3. The van der Waals surface area contributed by atoms with Crippen LogP contribution in [-0.4, -0.2) is 65.5 Å². The van der Waals surface area contributed by atoms with Gasteiger partial charge in [0.15, 0.2) is 0 Å². The average molecular weight is 333 g/mol. The lowest BCUT2D eigenvalue weighted by atomic mass is 10.2. The molecule has 0 radical (unpaired) electrons. The zero-order valence-corrected chi connectivity index (χ0v) is 13.3. The summed E-state index contributed by atoms with van der Waals surface area (Å²) >= 11 is 0. The topological polar surface area (TPSA) is 62.2 Å². The zero-order chi connectivity index (χ0) is 17.0. The van der Waals surface area contributed by atoms with Gasteiger partial charge in [-0.05, 0) is 19.9 Å². The first-order chi connectivity index (χ1) is 10.8. The molecule has 1 saturated heterocycles. The van der Waals surface area contributed by atoms with Crippen molar-refractivity contribution in [2.45, 2.75) is 32.6 Å². The third kappa shape index (κ3) is 4.93. The predicted molar refractivity (Wildman–Crippen MR) is 79.0 cm³/mol. The van der Waals surface area contributed by atoms with Crippen LogP contribution >= 0.6 is 0 Å². The van der Waals surface area contributed by atoms with Crippen molar-refractivity contribution in [1.82, 2.24) is 25.3 Å². The molecule has 23 heavy (non-hydrogen) atoms. The van der Waals surface area contributed by atoms with Crippen molar-refractivity contribution in [3.8, 4) is 0 Å². The summed E-state index contributed by atoms with van der Waals surface area (Å²) in [6, 6.07) is 0.154. The molecule has 9 heteroatoms. The first kappa shape index (κ1) is 17.7. The molecule has 2 heterocycles. The van der Waals surface area contributed by atoms with Crippen molar-refractivity contribution in [2.75, 3.05) is 32.7 Å². The number of hydrogen-bond donors (Lipinski definition) is 2.